The third-order valence-electron chi connectivity index (χ3n) is 3.76. The SMILES string of the molecule is Cc1ccccc1-n1c(C)cc(C(=O)N[C@@H](C)CN)c1C. The lowest BCUT2D eigenvalue weighted by atomic mass is 10.2. The highest BCUT2D eigenvalue weighted by atomic mass is 16.1. The predicted octanol–water partition coefficient (Wildman–Crippen LogP) is 2.48. The molecule has 0 saturated heterocycles. The van der Waals surface area contributed by atoms with Gasteiger partial charge in [0.1, 0.15) is 0 Å². The van der Waals surface area contributed by atoms with Crippen molar-refractivity contribution in [1.82, 2.24) is 9.88 Å². The van der Waals surface area contributed by atoms with Gasteiger partial charge in [0.25, 0.3) is 5.91 Å². The highest BCUT2D eigenvalue weighted by Gasteiger charge is 2.18. The second-order valence-corrected chi connectivity index (χ2v) is 5.52. The molecule has 0 radical (unpaired) electrons. The number of nitrogens with two attached hydrogens (primary N) is 1. The van der Waals surface area contributed by atoms with Crippen molar-refractivity contribution in [3.8, 4) is 5.69 Å². The van der Waals surface area contributed by atoms with Crippen molar-refractivity contribution in [2.45, 2.75) is 33.7 Å². The normalized spacial score (nSPS) is 12.2. The molecule has 0 unspecified atom stereocenters. The lowest BCUT2D eigenvalue weighted by Crippen LogP contribution is -2.37. The maximum Gasteiger partial charge on any atom is 0.253 e. The molecule has 1 amide bonds. The predicted molar refractivity (Wildman–Crippen MR) is 86.0 cm³/mol. The number of hydrogen-bond donors (Lipinski definition) is 2. The zero-order chi connectivity index (χ0) is 15.6. The molecular weight excluding hydrogens is 262 g/mol. The van der Waals surface area contributed by atoms with Gasteiger partial charge in [-0.05, 0) is 45.4 Å². The molecule has 0 aliphatic carbocycles. The zero-order valence-electron chi connectivity index (χ0n) is 13.1. The van der Waals surface area contributed by atoms with Gasteiger partial charge in [0.15, 0.2) is 0 Å². The molecule has 21 heavy (non-hydrogen) atoms. The van der Waals surface area contributed by atoms with E-state index in [1.165, 1.54) is 5.56 Å². The van der Waals surface area contributed by atoms with E-state index in [0.717, 1.165) is 17.1 Å². The molecule has 112 valence electrons. The summed E-state index contributed by atoms with van der Waals surface area (Å²) >= 11 is 0. The van der Waals surface area contributed by atoms with Crippen LogP contribution in [0.15, 0.2) is 30.3 Å². The maximum atomic E-state index is 12.3. The number of amides is 1. The quantitative estimate of drug-likeness (QED) is 0.906. The summed E-state index contributed by atoms with van der Waals surface area (Å²) in [5.74, 6) is -0.0686. The lowest BCUT2D eigenvalue weighted by molar-refractivity contribution is 0.0940. The topological polar surface area (TPSA) is 60.0 Å². The molecule has 0 saturated carbocycles. The van der Waals surface area contributed by atoms with Crippen LogP contribution in [0.5, 0.6) is 0 Å². The molecule has 1 atom stereocenters. The second-order valence-electron chi connectivity index (χ2n) is 5.52. The lowest BCUT2D eigenvalue weighted by Gasteiger charge is -2.14. The fourth-order valence-electron chi connectivity index (χ4n) is 2.54. The first-order chi connectivity index (χ1) is 9.95. The summed E-state index contributed by atoms with van der Waals surface area (Å²) < 4.78 is 2.12. The molecule has 3 N–H and O–H groups in total. The number of carbonyl (C=O) groups excluding carboxylic acids is 1. The van der Waals surface area contributed by atoms with E-state index < -0.39 is 0 Å². The van der Waals surface area contributed by atoms with Crippen LogP contribution >= 0.6 is 0 Å². The van der Waals surface area contributed by atoms with E-state index in [1.54, 1.807) is 0 Å². The number of aromatic nitrogens is 1. The van der Waals surface area contributed by atoms with Crippen molar-refractivity contribution in [1.29, 1.82) is 0 Å². The van der Waals surface area contributed by atoms with E-state index in [-0.39, 0.29) is 11.9 Å². The van der Waals surface area contributed by atoms with Crippen molar-refractivity contribution < 1.29 is 4.79 Å². The molecular formula is C17H23N3O. The Bertz CT molecular complexity index is 658. The van der Waals surface area contributed by atoms with Crippen LogP contribution in [0.3, 0.4) is 0 Å². The Labute approximate surface area is 126 Å². The van der Waals surface area contributed by atoms with Crippen LogP contribution in [0.4, 0.5) is 0 Å². The average molecular weight is 285 g/mol. The molecule has 0 bridgehead atoms. The van der Waals surface area contributed by atoms with Crippen LogP contribution in [-0.2, 0) is 0 Å². The first-order valence-electron chi connectivity index (χ1n) is 7.21. The Hall–Kier alpha value is -2.07. The summed E-state index contributed by atoms with van der Waals surface area (Å²) in [6.45, 7) is 8.40. The molecule has 1 aromatic heterocycles. The minimum atomic E-state index is -0.0686. The number of nitrogens with zero attached hydrogens (tertiary/aromatic N) is 1. The molecule has 1 heterocycles. The van der Waals surface area contributed by atoms with Crippen molar-refractivity contribution in [3.05, 3.63) is 52.8 Å². The van der Waals surface area contributed by atoms with Crippen molar-refractivity contribution in [2.24, 2.45) is 5.73 Å². The largest absolute Gasteiger partial charge is 0.348 e. The van der Waals surface area contributed by atoms with E-state index in [0.29, 0.717) is 12.1 Å². The standard InChI is InChI=1S/C17H23N3O/c1-11-7-5-6-8-16(11)20-13(3)9-15(14(20)4)17(21)19-12(2)10-18/h5-9,12H,10,18H2,1-4H3,(H,19,21)/t12-/m0/s1. The maximum absolute atomic E-state index is 12.3. The molecule has 0 aliphatic heterocycles. The minimum Gasteiger partial charge on any atom is -0.348 e. The molecule has 2 aromatic rings. The summed E-state index contributed by atoms with van der Waals surface area (Å²) in [7, 11) is 0. The Kier molecular flexibility index (Phi) is 4.48. The number of carbonyl (C=O) groups is 1. The third-order valence-corrected chi connectivity index (χ3v) is 3.76. The number of aryl methyl sites for hydroxylation is 2. The Morgan fingerprint density at radius 2 is 1.95 bits per heavy atom. The molecule has 4 heteroatoms. The Balaban J connectivity index is 2.43. The van der Waals surface area contributed by atoms with Gasteiger partial charge < -0.3 is 15.6 Å². The van der Waals surface area contributed by atoms with Gasteiger partial charge in [0.05, 0.1) is 5.56 Å². The second kappa shape index (κ2) is 6.14. The van der Waals surface area contributed by atoms with Gasteiger partial charge in [0, 0.05) is 29.7 Å². The molecule has 2 rings (SSSR count). The van der Waals surface area contributed by atoms with Gasteiger partial charge in [0.2, 0.25) is 0 Å². The monoisotopic (exact) mass is 285 g/mol. The van der Waals surface area contributed by atoms with Gasteiger partial charge >= 0.3 is 0 Å². The fourth-order valence-corrected chi connectivity index (χ4v) is 2.54. The van der Waals surface area contributed by atoms with E-state index in [1.807, 2.05) is 39.0 Å². The highest BCUT2D eigenvalue weighted by molar-refractivity contribution is 5.96. The summed E-state index contributed by atoms with van der Waals surface area (Å²) in [4.78, 5) is 12.3. The van der Waals surface area contributed by atoms with E-state index in [4.69, 9.17) is 5.73 Å². The molecule has 1 aromatic carbocycles. The summed E-state index contributed by atoms with van der Waals surface area (Å²) in [5, 5.41) is 2.92. The van der Waals surface area contributed by atoms with Crippen LogP contribution in [-0.4, -0.2) is 23.1 Å². The van der Waals surface area contributed by atoms with Crippen molar-refractivity contribution in [2.75, 3.05) is 6.54 Å². The summed E-state index contributed by atoms with van der Waals surface area (Å²) in [6, 6.07) is 10.1. The first kappa shape index (κ1) is 15.3. The van der Waals surface area contributed by atoms with E-state index in [9.17, 15) is 4.79 Å². The number of rotatable bonds is 4. The van der Waals surface area contributed by atoms with Gasteiger partial charge in [-0.2, -0.15) is 0 Å². The Morgan fingerprint density at radius 3 is 2.57 bits per heavy atom. The van der Waals surface area contributed by atoms with Crippen LogP contribution in [0.2, 0.25) is 0 Å². The van der Waals surface area contributed by atoms with Crippen LogP contribution in [0, 0.1) is 20.8 Å². The molecule has 0 spiro atoms. The molecule has 0 fully saturated rings. The third kappa shape index (κ3) is 3.00. The van der Waals surface area contributed by atoms with E-state index >= 15 is 0 Å². The first-order valence-corrected chi connectivity index (χ1v) is 7.21. The van der Waals surface area contributed by atoms with Gasteiger partial charge in [-0.25, -0.2) is 0 Å². The molecule has 4 nitrogen and oxygen atoms in total. The van der Waals surface area contributed by atoms with Crippen LogP contribution in [0.1, 0.15) is 34.2 Å². The van der Waals surface area contributed by atoms with Gasteiger partial charge in [-0.1, -0.05) is 18.2 Å². The van der Waals surface area contributed by atoms with Crippen LogP contribution < -0.4 is 11.1 Å². The number of hydrogen-bond acceptors (Lipinski definition) is 2. The summed E-state index contributed by atoms with van der Waals surface area (Å²) in [5.41, 5.74) is 10.6. The summed E-state index contributed by atoms with van der Waals surface area (Å²) in [6.07, 6.45) is 0. The number of nitrogens with one attached hydrogen (secondary N) is 1. The smallest absolute Gasteiger partial charge is 0.253 e. The van der Waals surface area contributed by atoms with Crippen molar-refractivity contribution in [3.63, 3.8) is 0 Å². The van der Waals surface area contributed by atoms with E-state index in [2.05, 4.69) is 28.9 Å². The van der Waals surface area contributed by atoms with Gasteiger partial charge in [-0.3, -0.25) is 4.79 Å². The molecule has 0 aliphatic rings. The Morgan fingerprint density at radius 1 is 1.29 bits per heavy atom. The fraction of sp³-hybridized carbons (Fsp3) is 0.353. The van der Waals surface area contributed by atoms with Crippen molar-refractivity contribution >= 4 is 5.91 Å². The van der Waals surface area contributed by atoms with Crippen LogP contribution in [0.25, 0.3) is 5.69 Å². The van der Waals surface area contributed by atoms with Gasteiger partial charge in [-0.15, -0.1) is 0 Å². The average Bonchev–Trinajstić information content (AvgIpc) is 2.75. The number of benzene rings is 1. The number of para-hydroxylation sites is 1. The minimum absolute atomic E-state index is 0.0287. The highest BCUT2D eigenvalue weighted by Crippen LogP contribution is 2.23. The zero-order valence-corrected chi connectivity index (χ0v) is 13.1.